The summed E-state index contributed by atoms with van der Waals surface area (Å²) >= 11 is 1.66. The van der Waals surface area contributed by atoms with Crippen molar-refractivity contribution < 1.29 is 9.53 Å². The van der Waals surface area contributed by atoms with Gasteiger partial charge in [-0.05, 0) is 74.6 Å². The van der Waals surface area contributed by atoms with Gasteiger partial charge < -0.3 is 15.0 Å². The molecule has 1 N–H and O–H groups in total. The summed E-state index contributed by atoms with van der Waals surface area (Å²) in [4.78, 5) is 24.7. The quantitative estimate of drug-likeness (QED) is 0.474. The molecule has 0 bridgehead atoms. The maximum atomic E-state index is 12.8. The van der Waals surface area contributed by atoms with Gasteiger partial charge in [-0.1, -0.05) is 0 Å². The topological polar surface area (TPSA) is 72.3 Å². The van der Waals surface area contributed by atoms with Crippen molar-refractivity contribution in [3.8, 4) is 5.69 Å². The summed E-state index contributed by atoms with van der Waals surface area (Å²) in [6.45, 7) is 7.28. The summed E-state index contributed by atoms with van der Waals surface area (Å²) in [6, 6.07) is 11.0. The molecule has 0 aliphatic carbocycles. The normalized spacial score (nSPS) is 19.4. The van der Waals surface area contributed by atoms with Crippen molar-refractivity contribution in [2.24, 2.45) is 5.92 Å². The first-order chi connectivity index (χ1) is 16.6. The van der Waals surface area contributed by atoms with Crippen LogP contribution < -0.4 is 10.2 Å². The van der Waals surface area contributed by atoms with Crippen LogP contribution >= 0.6 is 11.3 Å². The molecule has 7 nitrogen and oxygen atoms in total. The van der Waals surface area contributed by atoms with Crippen LogP contribution in [0, 0.1) is 19.8 Å². The number of hydrogen-bond acceptors (Lipinski definition) is 6. The lowest BCUT2D eigenvalue weighted by Gasteiger charge is -2.32. The van der Waals surface area contributed by atoms with Crippen LogP contribution in [0.1, 0.15) is 30.4 Å². The fraction of sp³-hybridized carbons (Fsp3) is 0.423. The van der Waals surface area contributed by atoms with E-state index in [4.69, 9.17) is 9.72 Å². The van der Waals surface area contributed by atoms with E-state index in [0.29, 0.717) is 6.61 Å². The molecule has 0 saturated carbocycles. The number of hydrogen-bond donors (Lipinski definition) is 1. The Morgan fingerprint density at radius 1 is 1.09 bits per heavy atom. The second kappa shape index (κ2) is 8.67. The average molecular weight is 476 g/mol. The molecule has 2 fully saturated rings. The maximum Gasteiger partial charge on any atom is 0.223 e. The third kappa shape index (κ3) is 3.84. The van der Waals surface area contributed by atoms with Crippen LogP contribution in [-0.2, 0) is 9.53 Å². The van der Waals surface area contributed by atoms with Gasteiger partial charge in [0.1, 0.15) is 0 Å². The van der Waals surface area contributed by atoms with E-state index in [1.807, 2.05) is 5.51 Å². The third-order valence-corrected chi connectivity index (χ3v) is 8.04. The maximum absolute atomic E-state index is 12.8. The molecule has 176 valence electrons. The van der Waals surface area contributed by atoms with Crippen molar-refractivity contribution in [2.45, 2.75) is 39.2 Å². The highest BCUT2D eigenvalue weighted by Crippen LogP contribution is 2.33. The number of amides is 1. The Labute approximate surface area is 202 Å². The molecule has 2 aromatic heterocycles. The summed E-state index contributed by atoms with van der Waals surface area (Å²) in [7, 11) is 0. The Kier molecular flexibility index (Phi) is 5.50. The number of nitrogens with one attached hydrogen (secondary N) is 1. The second-order valence-corrected chi connectivity index (χ2v) is 10.4. The van der Waals surface area contributed by atoms with Crippen molar-refractivity contribution >= 4 is 44.4 Å². The lowest BCUT2D eigenvalue weighted by atomic mass is 9.95. The number of aryl methyl sites for hydroxylation is 2. The summed E-state index contributed by atoms with van der Waals surface area (Å²) in [5, 5.41) is 3.18. The number of imidazole rings is 1. The van der Waals surface area contributed by atoms with Crippen molar-refractivity contribution in [1.29, 1.82) is 0 Å². The fourth-order valence-corrected chi connectivity index (χ4v) is 5.79. The zero-order chi connectivity index (χ0) is 23.2. The van der Waals surface area contributed by atoms with Gasteiger partial charge in [-0.15, -0.1) is 11.3 Å². The molecule has 2 saturated heterocycles. The van der Waals surface area contributed by atoms with Crippen molar-refractivity contribution in [1.82, 2.24) is 19.9 Å². The molecule has 0 unspecified atom stereocenters. The van der Waals surface area contributed by atoms with Crippen molar-refractivity contribution in [3.63, 3.8) is 0 Å². The van der Waals surface area contributed by atoms with E-state index < -0.39 is 0 Å². The molecule has 34 heavy (non-hydrogen) atoms. The van der Waals surface area contributed by atoms with E-state index in [1.165, 1.54) is 15.8 Å². The molecule has 4 aromatic rings. The van der Waals surface area contributed by atoms with Crippen molar-refractivity contribution in [2.75, 3.05) is 31.2 Å². The summed E-state index contributed by atoms with van der Waals surface area (Å²) < 4.78 is 8.85. The van der Waals surface area contributed by atoms with Crippen molar-refractivity contribution in [3.05, 3.63) is 47.0 Å². The monoisotopic (exact) mass is 475 g/mol. The van der Waals surface area contributed by atoms with E-state index in [0.717, 1.165) is 67.1 Å². The number of ether oxygens (including phenoxy) is 1. The molecule has 0 spiro atoms. The highest BCUT2D eigenvalue weighted by atomic mass is 32.1. The number of carbonyl (C=O) groups is 1. The van der Waals surface area contributed by atoms with E-state index in [2.05, 4.69) is 63.9 Å². The number of benzene rings is 2. The predicted molar refractivity (Wildman–Crippen MR) is 136 cm³/mol. The molecule has 1 atom stereocenters. The largest absolute Gasteiger partial charge is 0.379 e. The molecular formula is C26H29N5O2S. The minimum atomic E-state index is 0.0488. The van der Waals surface area contributed by atoms with Gasteiger partial charge in [0.15, 0.2) is 0 Å². The van der Waals surface area contributed by atoms with Gasteiger partial charge in [-0.25, -0.2) is 9.97 Å². The van der Waals surface area contributed by atoms with E-state index in [9.17, 15) is 4.79 Å². The van der Waals surface area contributed by atoms with Crippen LogP contribution in [-0.4, -0.2) is 52.8 Å². The first-order valence-corrected chi connectivity index (χ1v) is 12.9. The fourth-order valence-electron chi connectivity index (χ4n) is 5.08. The molecule has 2 aliphatic heterocycles. The zero-order valence-electron chi connectivity index (χ0n) is 19.6. The lowest BCUT2D eigenvalue weighted by molar-refractivity contribution is -0.126. The molecule has 2 aromatic carbocycles. The smallest absolute Gasteiger partial charge is 0.223 e. The van der Waals surface area contributed by atoms with Gasteiger partial charge in [0.05, 0.1) is 45.1 Å². The van der Waals surface area contributed by atoms with E-state index >= 15 is 0 Å². The zero-order valence-corrected chi connectivity index (χ0v) is 20.4. The first kappa shape index (κ1) is 21.6. The van der Waals surface area contributed by atoms with Gasteiger partial charge in [0.2, 0.25) is 11.9 Å². The third-order valence-electron chi connectivity index (χ3n) is 7.25. The first-order valence-electron chi connectivity index (χ1n) is 12.0. The molecule has 0 radical (unpaired) electrons. The van der Waals surface area contributed by atoms with Crippen LogP contribution in [0.2, 0.25) is 0 Å². The van der Waals surface area contributed by atoms with E-state index in [1.54, 1.807) is 11.3 Å². The minimum Gasteiger partial charge on any atom is -0.379 e. The molecule has 4 heterocycles. The highest BCUT2D eigenvalue weighted by molar-refractivity contribution is 7.16. The lowest BCUT2D eigenvalue weighted by Crippen LogP contribution is -2.44. The Hall–Kier alpha value is -2.97. The number of carbonyl (C=O) groups excluding carboxylic acids is 1. The highest BCUT2D eigenvalue weighted by Gasteiger charge is 2.30. The van der Waals surface area contributed by atoms with Crippen LogP contribution in [0.3, 0.4) is 0 Å². The van der Waals surface area contributed by atoms with Crippen LogP contribution in [0.25, 0.3) is 26.9 Å². The number of thiazole rings is 1. The number of piperidine rings is 1. The minimum absolute atomic E-state index is 0.0488. The molecule has 2 aliphatic rings. The standard InChI is InChI=1S/C26H29N5O2S/c1-16-11-22-23(12-17(16)2)31(20-3-4-21-24(13-20)34-15-27-21)26(29-22)30-8-5-18(6-9-30)25(32)28-19-7-10-33-14-19/h3-4,11-13,15,18-19H,5-10,14H2,1-2H3,(H,28,32)/t19-/m1/s1. The predicted octanol–water partition coefficient (Wildman–Crippen LogP) is 4.37. The number of aromatic nitrogens is 3. The molecule has 1 amide bonds. The molecule has 8 heteroatoms. The summed E-state index contributed by atoms with van der Waals surface area (Å²) in [5.74, 6) is 1.17. The van der Waals surface area contributed by atoms with Gasteiger partial charge >= 0.3 is 0 Å². The Morgan fingerprint density at radius 3 is 2.71 bits per heavy atom. The van der Waals surface area contributed by atoms with Crippen LogP contribution in [0.4, 0.5) is 5.95 Å². The molecular weight excluding hydrogens is 446 g/mol. The van der Waals surface area contributed by atoms with Gasteiger partial charge in [-0.2, -0.15) is 0 Å². The number of rotatable bonds is 4. The Bertz CT molecular complexity index is 1360. The number of nitrogens with zero attached hydrogens (tertiary/aromatic N) is 4. The van der Waals surface area contributed by atoms with Crippen LogP contribution in [0.15, 0.2) is 35.8 Å². The summed E-state index contributed by atoms with van der Waals surface area (Å²) in [6.07, 6.45) is 2.57. The van der Waals surface area contributed by atoms with Gasteiger partial charge in [0.25, 0.3) is 0 Å². The van der Waals surface area contributed by atoms with Crippen LogP contribution in [0.5, 0.6) is 0 Å². The molecule has 6 rings (SSSR count). The summed E-state index contributed by atoms with van der Waals surface area (Å²) in [5.41, 5.74) is 8.62. The average Bonchev–Trinajstić information content (AvgIpc) is 3.59. The number of anilines is 1. The Morgan fingerprint density at radius 2 is 1.91 bits per heavy atom. The van der Waals surface area contributed by atoms with Gasteiger partial charge in [-0.3, -0.25) is 9.36 Å². The SMILES string of the molecule is Cc1cc2nc(N3CCC(C(=O)N[C@@H]4CCOC4)CC3)n(-c3ccc4ncsc4c3)c2cc1C. The van der Waals surface area contributed by atoms with E-state index in [-0.39, 0.29) is 17.9 Å². The second-order valence-electron chi connectivity index (χ2n) is 9.51. The van der Waals surface area contributed by atoms with Gasteiger partial charge in [0, 0.05) is 25.6 Å². The number of fused-ring (bicyclic) bond motifs is 2. The Balaban J connectivity index is 1.32.